The molecule has 0 amide bonds. The summed E-state index contributed by atoms with van der Waals surface area (Å²) in [5.41, 5.74) is 0.827. The fourth-order valence-corrected chi connectivity index (χ4v) is 1.84. The summed E-state index contributed by atoms with van der Waals surface area (Å²) in [6.07, 6.45) is 2.69. The molecule has 6 nitrogen and oxygen atoms in total. The molecule has 0 bridgehead atoms. The predicted octanol–water partition coefficient (Wildman–Crippen LogP) is 3.39. The Hall–Kier alpha value is -2.63. The fraction of sp³-hybridized carbons (Fsp3) is 0.267. The maximum Gasteiger partial charge on any atom is 0.310 e. The summed E-state index contributed by atoms with van der Waals surface area (Å²) in [6, 6.07) is 10.0. The van der Waals surface area contributed by atoms with Gasteiger partial charge in [-0.3, -0.25) is 10.1 Å². The first-order valence-corrected chi connectivity index (χ1v) is 6.76. The zero-order valence-electron chi connectivity index (χ0n) is 11.8. The predicted molar refractivity (Wildman–Crippen MR) is 80.4 cm³/mol. The summed E-state index contributed by atoms with van der Waals surface area (Å²) in [5.74, 6) is 1.01. The minimum atomic E-state index is -0.450. The molecule has 2 aromatic rings. The Balaban J connectivity index is 2.12. The van der Waals surface area contributed by atoms with E-state index in [0.717, 1.165) is 24.3 Å². The zero-order valence-corrected chi connectivity index (χ0v) is 11.8. The van der Waals surface area contributed by atoms with Crippen molar-refractivity contribution >= 4 is 11.5 Å². The molecule has 2 rings (SSSR count). The molecule has 21 heavy (non-hydrogen) atoms. The second-order valence-corrected chi connectivity index (χ2v) is 4.45. The number of hydrogen-bond acceptors (Lipinski definition) is 5. The number of aromatic nitrogens is 1. The molecule has 0 aliphatic heterocycles. The molecule has 0 saturated heterocycles. The number of hydrogen-bond donors (Lipinski definition) is 1. The molecule has 1 aromatic heterocycles. The minimum Gasteiger partial charge on any atom is -0.482 e. The van der Waals surface area contributed by atoms with Gasteiger partial charge in [0.1, 0.15) is 12.4 Å². The number of rotatable bonds is 7. The van der Waals surface area contributed by atoms with Crippen LogP contribution in [-0.4, -0.2) is 16.5 Å². The molecule has 1 heterocycles. The fourth-order valence-electron chi connectivity index (χ4n) is 1.84. The van der Waals surface area contributed by atoms with Gasteiger partial charge in [0.25, 0.3) is 0 Å². The van der Waals surface area contributed by atoms with Crippen molar-refractivity contribution in [2.75, 3.05) is 11.9 Å². The second kappa shape index (κ2) is 7.23. The van der Waals surface area contributed by atoms with Gasteiger partial charge < -0.3 is 10.1 Å². The Bertz CT molecular complexity index is 617. The molecule has 1 N–H and O–H groups in total. The molecule has 1 aromatic carbocycles. The van der Waals surface area contributed by atoms with Gasteiger partial charge in [0.15, 0.2) is 5.75 Å². The molecule has 0 atom stereocenters. The van der Waals surface area contributed by atoms with E-state index in [0.29, 0.717) is 0 Å². The Morgan fingerprint density at radius 2 is 2.10 bits per heavy atom. The molecule has 0 aliphatic carbocycles. The first-order chi connectivity index (χ1) is 10.2. The molecule has 0 saturated carbocycles. The summed E-state index contributed by atoms with van der Waals surface area (Å²) in [4.78, 5) is 14.8. The van der Waals surface area contributed by atoms with E-state index >= 15 is 0 Å². The first kappa shape index (κ1) is 14.8. The summed E-state index contributed by atoms with van der Waals surface area (Å²) >= 11 is 0. The number of anilines is 1. The molecule has 0 unspecified atom stereocenters. The maximum atomic E-state index is 10.9. The summed E-state index contributed by atoms with van der Waals surface area (Å²) in [5, 5.41) is 14.2. The van der Waals surface area contributed by atoms with Crippen LogP contribution in [0.1, 0.15) is 18.9 Å². The van der Waals surface area contributed by atoms with E-state index in [1.54, 1.807) is 24.4 Å². The second-order valence-electron chi connectivity index (χ2n) is 4.45. The number of benzene rings is 1. The summed E-state index contributed by atoms with van der Waals surface area (Å²) in [7, 11) is 0. The highest BCUT2D eigenvalue weighted by atomic mass is 16.6. The zero-order chi connectivity index (χ0) is 15.1. The Morgan fingerprint density at radius 3 is 2.86 bits per heavy atom. The maximum absolute atomic E-state index is 10.9. The first-order valence-electron chi connectivity index (χ1n) is 6.76. The van der Waals surface area contributed by atoms with Gasteiger partial charge in [0.05, 0.1) is 4.92 Å². The van der Waals surface area contributed by atoms with Crippen LogP contribution < -0.4 is 10.1 Å². The van der Waals surface area contributed by atoms with E-state index in [1.165, 1.54) is 6.07 Å². The van der Waals surface area contributed by atoms with Crippen LogP contribution in [0.5, 0.6) is 5.75 Å². The van der Waals surface area contributed by atoms with Crippen molar-refractivity contribution in [2.24, 2.45) is 0 Å². The molecule has 110 valence electrons. The summed E-state index contributed by atoms with van der Waals surface area (Å²) in [6.45, 7) is 3.11. The van der Waals surface area contributed by atoms with Crippen molar-refractivity contribution in [3.8, 4) is 5.75 Å². The van der Waals surface area contributed by atoms with E-state index in [2.05, 4.69) is 17.2 Å². The average Bonchev–Trinajstić information content (AvgIpc) is 2.52. The van der Waals surface area contributed by atoms with Crippen LogP contribution in [0.4, 0.5) is 11.5 Å². The van der Waals surface area contributed by atoms with Crippen LogP contribution in [-0.2, 0) is 6.61 Å². The third-order valence-electron chi connectivity index (χ3n) is 2.88. The van der Waals surface area contributed by atoms with Crippen molar-refractivity contribution < 1.29 is 9.66 Å². The quantitative estimate of drug-likeness (QED) is 0.624. The van der Waals surface area contributed by atoms with Crippen LogP contribution in [0.3, 0.4) is 0 Å². The number of para-hydroxylation sites is 2. The minimum absolute atomic E-state index is 0.0375. The van der Waals surface area contributed by atoms with Gasteiger partial charge in [-0.25, -0.2) is 4.98 Å². The van der Waals surface area contributed by atoms with Crippen molar-refractivity contribution in [3.63, 3.8) is 0 Å². The molecule has 0 spiro atoms. The average molecular weight is 287 g/mol. The highest BCUT2D eigenvalue weighted by Gasteiger charge is 2.14. The van der Waals surface area contributed by atoms with E-state index in [1.807, 2.05) is 12.1 Å². The molecule has 0 radical (unpaired) electrons. The standard InChI is InChI=1S/C15H17N3O3/c1-2-9-16-15-12(6-5-10-17-15)11-21-14-8-4-3-7-13(14)18(19)20/h3-8,10H,2,9,11H2,1H3,(H,16,17). The molecule has 6 heteroatoms. The van der Waals surface area contributed by atoms with Crippen LogP contribution in [0, 0.1) is 10.1 Å². The van der Waals surface area contributed by atoms with Gasteiger partial charge >= 0.3 is 5.69 Å². The number of nitro benzene ring substituents is 1. The van der Waals surface area contributed by atoms with Crippen LogP contribution in [0.25, 0.3) is 0 Å². The number of ether oxygens (including phenoxy) is 1. The topological polar surface area (TPSA) is 77.3 Å². The highest BCUT2D eigenvalue weighted by molar-refractivity contribution is 5.47. The SMILES string of the molecule is CCCNc1ncccc1COc1ccccc1[N+](=O)[O-]. The normalized spacial score (nSPS) is 10.1. The Labute approximate surface area is 122 Å². The highest BCUT2D eigenvalue weighted by Crippen LogP contribution is 2.27. The smallest absolute Gasteiger partial charge is 0.310 e. The van der Waals surface area contributed by atoms with Crippen LogP contribution >= 0.6 is 0 Å². The van der Waals surface area contributed by atoms with E-state index in [9.17, 15) is 10.1 Å². The lowest BCUT2D eigenvalue weighted by Gasteiger charge is -2.11. The van der Waals surface area contributed by atoms with Crippen molar-refractivity contribution in [1.29, 1.82) is 0 Å². The number of nitro groups is 1. The van der Waals surface area contributed by atoms with Crippen molar-refractivity contribution in [3.05, 3.63) is 58.3 Å². The van der Waals surface area contributed by atoms with Gasteiger partial charge in [0, 0.05) is 24.4 Å². The third kappa shape index (κ3) is 3.92. The van der Waals surface area contributed by atoms with E-state index in [4.69, 9.17) is 4.74 Å². The Kier molecular flexibility index (Phi) is 5.09. The van der Waals surface area contributed by atoms with E-state index in [-0.39, 0.29) is 18.0 Å². The number of pyridine rings is 1. The van der Waals surface area contributed by atoms with Gasteiger partial charge in [-0.05, 0) is 18.6 Å². The number of nitrogens with zero attached hydrogens (tertiary/aromatic N) is 2. The lowest BCUT2D eigenvalue weighted by molar-refractivity contribution is -0.385. The van der Waals surface area contributed by atoms with Crippen molar-refractivity contribution in [1.82, 2.24) is 4.98 Å². The molecule has 0 fully saturated rings. The molecule has 0 aliphatic rings. The Morgan fingerprint density at radius 1 is 1.29 bits per heavy atom. The van der Waals surface area contributed by atoms with Gasteiger partial charge in [-0.15, -0.1) is 0 Å². The number of nitrogens with one attached hydrogen (secondary N) is 1. The van der Waals surface area contributed by atoms with E-state index < -0.39 is 4.92 Å². The lowest BCUT2D eigenvalue weighted by atomic mass is 10.2. The third-order valence-corrected chi connectivity index (χ3v) is 2.88. The van der Waals surface area contributed by atoms with Crippen LogP contribution in [0.15, 0.2) is 42.6 Å². The monoisotopic (exact) mass is 287 g/mol. The van der Waals surface area contributed by atoms with Gasteiger partial charge in [-0.2, -0.15) is 0 Å². The van der Waals surface area contributed by atoms with Gasteiger partial charge in [-0.1, -0.05) is 25.1 Å². The van der Waals surface area contributed by atoms with Crippen LogP contribution in [0.2, 0.25) is 0 Å². The van der Waals surface area contributed by atoms with Gasteiger partial charge in [0.2, 0.25) is 0 Å². The van der Waals surface area contributed by atoms with Crippen molar-refractivity contribution in [2.45, 2.75) is 20.0 Å². The molecular formula is C15H17N3O3. The largest absolute Gasteiger partial charge is 0.482 e. The molecular weight excluding hydrogens is 270 g/mol. The summed E-state index contributed by atoms with van der Waals surface area (Å²) < 4.78 is 5.58. The lowest BCUT2D eigenvalue weighted by Crippen LogP contribution is -2.07.